The lowest BCUT2D eigenvalue weighted by atomic mass is 10.1. The SMILES string of the molecule is CN(C1COCC1C(=O)O)S(N)(=O)=O. The van der Waals surface area contributed by atoms with E-state index in [4.69, 9.17) is 15.0 Å². The summed E-state index contributed by atoms with van der Waals surface area (Å²) in [6.07, 6.45) is 0. The number of hydrogen-bond acceptors (Lipinski definition) is 4. The normalized spacial score (nSPS) is 28.2. The number of aliphatic carboxylic acids is 1. The van der Waals surface area contributed by atoms with Gasteiger partial charge in [-0.25, -0.2) is 5.14 Å². The largest absolute Gasteiger partial charge is 0.481 e. The number of nitrogens with zero attached hydrogens (tertiary/aromatic N) is 1. The molecule has 0 radical (unpaired) electrons. The maximum Gasteiger partial charge on any atom is 0.310 e. The summed E-state index contributed by atoms with van der Waals surface area (Å²) in [6, 6.07) is -0.720. The van der Waals surface area contributed by atoms with Crippen LogP contribution in [0.15, 0.2) is 0 Å². The Morgan fingerprint density at radius 3 is 2.57 bits per heavy atom. The van der Waals surface area contributed by atoms with Gasteiger partial charge in [0.05, 0.1) is 25.2 Å². The van der Waals surface area contributed by atoms with Crippen molar-refractivity contribution in [2.24, 2.45) is 11.1 Å². The lowest BCUT2D eigenvalue weighted by molar-refractivity contribution is -0.142. The second-order valence-electron chi connectivity index (χ2n) is 3.11. The van der Waals surface area contributed by atoms with Crippen molar-refractivity contribution in [1.82, 2.24) is 4.31 Å². The second kappa shape index (κ2) is 3.81. The molecule has 1 heterocycles. The van der Waals surface area contributed by atoms with Crippen molar-refractivity contribution >= 4 is 16.2 Å². The number of carboxylic acid groups (broad SMARTS) is 1. The highest BCUT2D eigenvalue weighted by Gasteiger charge is 2.39. The van der Waals surface area contributed by atoms with Gasteiger partial charge in [0.1, 0.15) is 0 Å². The Morgan fingerprint density at radius 1 is 1.57 bits per heavy atom. The molecule has 2 unspecified atom stereocenters. The van der Waals surface area contributed by atoms with Crippen molar-refractivity contribution in [3.8, 4) is 0 Å². The topological polar surface area (TPSA) is 110 Å². The summed E-state index contributed by atoms with van der Waals surface area (Å²) < 4.78 is 27.6. The van der Waals surface area contributed by atoms with Gasteiger partial charge < -0.3 is 9.84 Å². The van der Waals surface area contributed by atoms with E-state index >= 15 is 0 Å². The molecular weight excluding hydrogens is 212 g/mol. The molecule has 2 atom stereocenters. The van der Waals surface area contributed by atoms with Crippen LogP contribution < -0.4 is 5.14 Å². The summed E-state index contributed by atoms with van der Waals surface area (Å²) in [5.74, 6) is -1.93. The minimum Gasteiger partial charge on any atom is -0.481 e. The molecular formula is C6H12N2O5S. The average Bonchev–Trinajstić information content (AvgIpc) is 2.48. The van der Waals surface area contributed by atoms with E-state index in [1.54, 1.807) is 0 Å². The average molecular weight is 224 g/mol. The third-order valence-corrected chi connectivity index (χ3v) is 3.31. The number of carboxylic acids is 1. The number of nitrogens with two attached hydrogens (primary N) is 1. The molecule has 0 aromatic heterocycles. The third kappa shape index (κ3) is 2.21. The van der Waals surface area contributed by atoms with E-state index in [-0.39, 0.29) is 13.2 Å². The molecule has 0 aliphatic carbocycles. The van der Waals surface area contributed by atoms with Crippen molar-refractivity contribution < 1.29 is 23.1 Å². The predicted octanol–water partition coefficient (Wildman–Crippen LogP) is -1.78. The molecule has 0 bridgehead atoms. The van der Waals surface area contributed by atoms with Crippen LogP contribution in [0, 0.1) is 5.92 Å². The quantitative estimate of drug-likeness (QED) is 0.589. The van der Waals surface area contributed by atoms with Crippen LogP contribution in [0.1, 0.15) is 0 Å². The first-order valence-corrected chi connectivity index (χ1v) is 5.40. The van der Waals surface area contributed by atoms with E-state index in [9.17, 15) is 13.2 Å². The maximum atomic E-state index is 10.9. The molecule has 7 nitrogen and oxygen atoms in total. The smallest absolute Gasteiger partial charge is 0.310 e. The molecule has 8 heteroatoms. The van der Waals surface area contributed by atoms with E-state index in [1.807, 2.05) is 0 Å². The first kappa shape index (κ1) is 11.4. The van der Waals surface area contributed by atoms with Crippen molar-refractivity contribution in [3.63, 3.8) is 0 Å². The van der Waals surface area contributed by atoms with Gasteiger partial charge in [0.25, 0.3) is 10.2 Å². The number of carbonyl (C=O) groups is 1. The van der Waals surface area contributed by atoms with Crippen LogP contribution in [-0.4, -0.2) is 50.1 Å². The second-order valence-corrected chi connectivity index (χ2v) is 4.72. The molecule has 1 rings (SSSR count). The fourth-order valence-corrected chi connectivity index (χ4v) is 1.91. The Labute approximate surface area is 81.6 Å². The Kier molecular flexibility index (Phi) is 3.10. The van der Waals surface area contributed by atoms with Gasteiger partial charge in [-0.2, -0.15) is 12.7 Å². The zero-order valence-electron chi connectivity index (χ0n) is 7.58. The molecule has 1 aliphatic rings. The minimum absolute atomic E-state index is 0.0138. The molecule has 1 aliphatic heterocycles. The van der Waals surface area contributed by atoms with Crippen molar-refractivity contribution in [2.75, 3.05) is 20.3 Å². The lowest BCUT2D eigenvalue weighted by Crippen LogP contribution is -2.46. The zero-order valence-corrected chi connectivity index (χ0v) is 8.40. The van der Waals surface area contributed by atoms with Gasteiger partial charge in [0, 0.05) is 7.05 Å². The summed E-state index contributed by atoms with van der Waals surface area (Å²) >= 11 is 0. The molecule has 3 N–H and O–H groups in total. The Bertz CT molecular complexity index is 327. The zero-order chi connectivity index (χ0) is 10.9. The standard InChI is InChI=1S/C6H12N2O5S/c1-8(14(7,11)12)5-3-13-2-4(5)6(9)10/h4-5H,2-3H2,1H3,(H,9,10)(H2,7,11,12). The van der Waals surface area contributed by atoms with Crippen LogP contribution in [0.5, 0.6) is 0 Å². The summed E-state index contributed by atoms with van der Waals surface area (Å²) in [4.78, 5) is 10.7. The Balaban J connectivity index is 2.82. The predicted molar refractivity (Wildman–Crippen MR) is 46.6 cm³/mol. The molecule has 0 spiro atoms. The van der Waals surface area contributed by atoms with E-state index < -0.39 is 28.1 Å². The van der Waals surface area contributed by atoms with E-state index in [0.29, 0.717) is 0 Å². The minimum atomic E-state index is -3.86. The summed E-state index contributed by atoms with van der Waals surface area (Å²) in [5.41, 5.74) is 0. The Hall–Kier alpha value is -0.700. The first-order valence-electron chi connectivity index (χ1n) is 3.90. The summed E-state index contributed by atoms with van der Waals surface area (Å²) in [6.45, 7) is 0.0732. The number of ether oxygens (including phenoxy) is 1. The molecule has 0 saturated carbocycles. The van der Waals surface area contributed by atoms with Gasteiger partial charge >= 0.3 is 5.97 Å². The highest BCUT2D eigenvalue weighted by atomic mass is 32.2. The number of hydrogen-bond donors (Lipinski definition) is 2. The van der Waals surface area contributed by atoms with Crippen molar-refractivity contribution in [1.29, 1.82) is 0 Å². The van der Waals surface area contributed by atoms with Crippen LogP contribution in [-0.2, 0) is 19.7 Å². The Morgan fingerprint density at radius 2 is 2.14 bits per heavy atom. The van der Waals surface area contributed by atoms with Crippen LogP contribution in [0.25, 0.3) is 0 Å². The van der Waals surface area contributed by atoms with E-state index in [0.717, 1.165) is 4.31 Å². The van der Waals surface area contributed by atoms with Gasteiger partial charge in [0.15, 0.2) is 0 Å². The third-order valence-electron chi connectivity index (χ3n) is 2.24. The van der Waals surface area contributed by atoms with Crippen molar-refractivity contribution in [2.45, 2.75) is 6.04 Å². The number of rotatable bonds is 3. The van der Waals surface area contributed by atoms with E-state index in [1.165, 1.54) is 7.05 Å². The summed E-state index contributed by atoms with van der Waals surface area (Å²) in [5, 5.41) is 13.6. The fourth-order valence-electron chi connectivity index (χ4n) is 1.33. The first-order chi connectivity index (χ1) is 6.34. The molecule has 0 aromatic carbocycles. The maximum absolute atomic E-state index is 10.9. The fraction of sp³-hybridized carbons (Fsp3) is 0.833. The van der Waals surface area contributed by atoms with Crippen LogP contribution >= 0.6 is 0 Å². The molecule has 82 valence electrons. The molecule has 0 amide bonds. The number of likely N-dealkylation sites (N-methyl/N-ethyl adjacent to an activating group) is 1. The molecule has 14 heavy (non-hydrogen) atoms. The van der Waals surface area contributed by atoms with Gasteiger partial charge in [-0.1, -0.05) is 0 Å². The van der Waals surface area contributed by atoms with E-state index in [2.05, 4.69) is 0 Å². The lowest BCUT2D eigenvalue weighted by Gasteiger charge is -2.22. The molecule has 1 saturated heterocycles. The van der Waals surface area contributed by atoms with Crippen LogP contribution in [0.3, 0.4) is 0 Å². The van der Waals surface area contributed by atoms with Gasteiger partial charge in [-0.3, -0.25) is 4.79 Å². The summed E-state index contributed by atoms with van der Waals surface area (Å²) in [7, 11) is -2.62. The highest BCUT2D eigenvalue weighted by molar-refractivity contribution is 7.86. The monoisotopic (exact) mass is 224 g/mol. The van der Waals surface area contributed by atoms with Gasteiger partial charge in [-0.15, -0.1) is 0 Å². The van der Waals surface area contributed by atoms with Crippen LogP contribution in [0.2, 0.25) is 0 Å². The van der Waals surface area contributed by atoms with Crippen molar-refractivity contribution in [3.05, 3.63) is 0 Å². The van der Waals surface area contributed by atoms with Gasteiger partial charge in [0.2, 0.25) is 0 Å². The molecule has 0 aromatic rings. The van der Waals surface area contributed by atoms with Gasteiger partial charge in [-0.05, 0) is 0 Å². The molecule has 1 fully saturated rings. The highest BCUT2D eigenvalue weighted by Crippen LogP contribution is 2.19. The van der Waals surface area contributed by atoms with Crippen LogP contribution in [0.4, 0.5) is 0 Å².